The van der Waals surface area contributed by atoms with Gasteiger partial charge in [0.05, 0.1) is 10.0 Å². The van der Waals surface area contributed by atoms with E-state index in [1.807, 2.05) is 34.9 Å². The van der Waals surface area contributed by atoms with Crippen LogP contribution in [0.25, 0.3) is 0 Å². The second-order valence-corrected chi connectivity index (χ2v) is 6.63. The highest BCUT2D eigenvalue weighted by Gasteiger charge is 2.04. The van der Waals surface area contributed by atoms with E-state index in [-0.39, 0.29) is 12.1 Å². The Hall–Kier alpha value is -1.60. The van der Waals surface area contributed by atoms with Gasteiger partial charge in [0.1, 0.15) is 0 Å². The fourth-order valence-corrected chi connectivity index (χ4v) is 1.78. The van der Waals surface area contributed by atoms with Crippen LogP contribution < -0.4 is 0 Å². The van der Waals surface area contributed by atoms with Crippen molar-refractivity contribution in [3.8, 4) is 0 Å². The molecule has 0 aliphatic rings. The van der Waals surface area contributed by atoms with Crippen molar-refractivity contribution < 1.29 is 19.1 Å². The second-order valence-electron chi connectivity index (χ2n) is 5.82. The molecule has 0 aromatic heterocycles. The normalized spacial score (nSPS) is 9.93. The van der Waals surface area contributed by atoms with Gasteiger partial charge in [-0.15, -0.1) is 0 Å². The third-order valence-electron chi connectivity index (χ3n) is 2.74. The molecule has 28 heavy (non-hydrogen) atoms. The number of amides is 1. The number of allylic oxidation sites excluding steroid dienone is 1. The summed E-state index contributed by atoms with van der Waals surface area (Å²) in [6.07, 6.45) is 3.88. The molecular weight excluding hydrogens is 403 g/mol. The molecule has 1 aromatic rings. The summed E-state index contributed by atoms with van der Waals surface area (Å²) in [6, 6.07) is 4.82. The molecular formula is C20H32Cl2N2O4. The Balaban J connectivity index is 0. The summed E-state index contributed by atoms with van der Waals surface area (Å²) in [5.74, 6) is -0.0951. The van der Waals surface area contributed by atoms with Gasteiger partial charge in [-0.1, -0.05) is 23.2 Å². The molecule has 0 unspecified atom stereocenters. The number of hydrogen-bond donors (Lipinski definition) is 0. The molecule has 0 aliphatic heterocycles. The molecule has 0 radical (unpaired) electrons. The van der Waals surface area contributed by atoms with Gasteiger partial charge in [0.15, 0.2) is 12.1 Å². The Morgan fingerprint density at radius 2 is 1.54 bits per heavy atom. The van der Waals surface area contributed by atoms with Crippen LogP contribution in [0.15, 0.2) is 30.5 Å². The van der Waals surface area contributed by atoms with Gasteiger partial charge in [0.25, 0.3) is 0 Å². The SMILES string of the molecule is CCOC(C)OCC.CN(C)/C=C/C(=O)c1ccc(Cl)c(Cl)c1.CN(C)C=O. The first-order valence-corrected chi connectivity index (χ1v) is 9.53. The zero-order valence-corrected chi connectivity index (χ0v) is 19.3. The Morgan fingerprint density at radius 3 is 1.89 bits per heavy atom. The lowest BCUT2D eigenvalue weighted by molar-refractivity contribution is -0.123. The van der Waals surface area contributed by atoms with Crippen LogP contribution in [-0.2, 0) is 14.3 Å². The van der Waals surface area contributed by atoms with E-state index in [9.17, 15) is 9.59 Å². The Bertz CT molecular complexity index is 588. The van der Waals surface area contributed by atoms with E-state index < -0.39 is 0 Å². The number of benzene rings is 1. The van der Waals surface area contributed by atoms with Crippen molar-refractivity contribution in [2.24, 2.45) is 0 Å². The number of carbonyl (C=O) groups excluding carboxylic acids is 2. The average Bonchev–Trinajstić information content (AvgIpc) is 2.63. The van der Waals surface area contributed by atoms with E-state index >= 15 is 0 Å². The van der Waals surface area contributed by atoms with Gasteiger partial charge in [-0.2, -0.15) is 0 Å². The van der Waals surface area contributed by atoms with Crippen LogP contribution in [0, 0.1) is 0 Å². The monoisotopic (exact) mass is 434 g/mol. The third-order valence-corrected chi connectivity index (χ3v) is 3.48. The molecule has 0 aliphatic carbocycles. The topological polar surface area (TPSA) is 59.1 Å². The number of carbonyl (C=O) groups is 2. The molecule has 0 saturated heterocycles. The minimum atomic E-state index is -0.0951. The van der Waals surface area contributed by atoms with Crippen LogP contribution in [-0.4, -0.2) is 69.7 Å². The fraction of sp³-hybridized carbons (Fsp3) is 0.500. The van der Waals surface area contributed by atoms with Crippen molar-refractivity contribution in [3.63, 3.8) is 0 Å². The van der Waals surface area contributed by atoms with E-state index in [0.717, 1.165) is 19.6 Å². The predicted molar refractivity (Wildman–Crippen MR) is 116 cm³/mol. The van der Waals surface area contributed by atoms with Crippen LogP contribution in [0.5, 0.6) is 0 Å². The van der Waals surface area contributed by atoms with Gasteiger partial charge in [-0.25, -0.2) is 0 Å². The minimum absolute atomic E-state index is 0.0370. The molecule has 0 atom stereocenters. The third kappa shape index (κ3) is 16.6. The first-order valence-electron chi connectivity index (χ1n) is 8.77. The minimum Gasteiger partial charge on any atom is -0.383 e. The smallest absolute Gasteiger partial charge is 0.209 e. The highest BCUT2D eigenvalue weighted by Crippen LogP contribution is 2.22. The van der Waals surface area contributed by atoms with Crippen molar-refractivity contribution >= 4 is 35.4 Å². The fourth-order valence-electron chi connectivity index (χ4n) is 1.48. The molecule has 0 fully saturated rings. The highest BCUT2D eigenvalue weighted by molar-refractivity contribution is 6.42. The maximum atomic E-state index is 11.6. The lowest BCUT2D eigenvalue weighted by atomic mass is 10.1. The molecule has 1 aromatic carbocycles. The van der Waals surface area contributed by atoms with Crippen LogP contribution in [0.2, 0.25) is 10.0 Å². The van der Waals surface area contributed by atoms with Crippen molar-refractivity contribution in [3.05, 3.63) is 46.1 Å². The quantitative estimate of drug-likeness (QED) is 0.263. The maximum Gasteiger partial charge on any atom is 0.209 e. The standard InChI is InChI=1S/C11H11Cl2NO.C6H14O2.C3H7NO/c1-14(2)6-5-11(15)8-3-4-9(12)10(13)7-8;1-4-7-6(3)8-5-2;1-4(2)3-5/h3-7H,1-2H3;6H,4-5H2,1-3H3;3H,1-2H3/b6-5+;;. The van der Waals surface area contributed by atoms with Gasteiger partial charge in [-0.3, -0.25) is 9.59 Å². The van der Waals surface area contributed by atoms with Gasteiger partial charge in [0, 0.05) is 59.2 Å². The Labute approximate surface area is 179 Å². The number of ether oxygens (including phenoxy) is 2. The number of rotatable bonds is 8. The zero-order valence-electron chi connectivity index (χ0n) is 17.7. The first-order chi connectivity index (χ1) is 13.1. The van der Waals surface area contributed by atoms with E-state index in [1.165, 1.54) is 11.0 Å². The number of halogens is 2. The van der Waals surface area contributed by atoms with Crippen molar-refractivity contribution in [2.75, 3.05) is 41.4 Å². The lowest BCUT2D eigenvalue weighted by Crippen LogP contribution is -2.11. The van der Waals surface area contributed by atoms with Crippen molar-refractivity contribution in [1.29, 1.82) is 0 Å². The first kappa shape index (κ1) is 28.6. The lowest BCUT2D eigenvalue weighted by Gasteiger charge is -2.09. The Morgan fingerprint density at radius 1 is 1.04 bits per heavy atom. The summed E-state index contributed by atoms with van der Waals surface area (Å²) in [7, 11) is 7.07. The molecule has 0 bridgehead atoms. The highest BCUT2D eigenvalue weighted by atomic mass is 35.5. The van der Waals surface area contributed by atoms with Crippen LogP contribution >= 0.6 is 23.2 Å². The summed E-state index contributed by atoms with van der Waals surface area (Å²) in [4.78, 5) is 24.3. The predicted octanol–water partition coefficient (Wildman–Crippen LogP) is 4.36. The second kappa shape index (κ2) is 17.5. The van der Waals surface area contributed by atoms with Crippen molar-refractivity contribution in [1.82, 2.24) is 9.80 Å². The van der Waals surface area contributed by atoms with E-state index in [2.05, 4.69) is 0 Å². The summed E-state index contributed by atoms with van der Waals surface area (Å²) < 4.78 is 10.1. The number of ketones is 1. The molecule has 0 spiro atoms. The summed E-state index contributed by atoms with van der Waals surface area (Å²) >= 11 is 11.5. The summed E-state index contributed by atoms with van der Waals surface area (Å²) in [5, 5.41) is 0.838. The summed E-state index contributed by atoms with van der Waals surface area (Å²) in [5.41, 5.74) is 0.530. The molecule has 0 heterocycles. The molecule has 0 N–H and O–H groups in total. The van der Waals surface area contributed by atoms with Gasteiger partial charge in [0.2, 0.25) is 6.41 Å². The van der Waals surface area contributed by atoms with E-state index in [1.54, 1.807) is 43.4 Å². The number of nitrogens with zero attached hydrogens (tertiary/aromatic N) is 2. The molecule has 160 valence electrons. The van der Waals surface area contributed by atoms with Crippen LogP contribution in [0.4, 0.5) is 0 Å². The molecule has 6 nitrogen and oxygen atoms in total. The van der Waals surface area contributed by atoms with Crippen molar-refractivity contribution in [2.45, 2.75) is 27.1 Å². The molecule has 0 saturated carbocycles. The molecule has 8 heteroatoms. The van der Waals surface area contributed by atoms with Crippen LogP contribution in [0.1, 0.15) is 31.1 Å². The molecule has 1 rings (SSSR count). The average molecular weight is 435 g/mol. The van der Waals surface area contributed by atoms with E-state index in [4.69, 9.17) is 32.7 Å². The number of hydrogen-bond acceptors (Lipinski definition) is 5. The van der Waals surface area contributed by atoms with Gasteiger partial charge in [-0.05, 0) is 39.0 Å². The van der Waals surface area contributed by atoms with E-state index in [0.29, 0.717) is 15.6 Å². The Kier molecular flexibility index (Phi) is 17.9. The maximum absolute atomic E-state index is 11.6. The van der Waals surface area contributed by atoms with Gasteiger partial charge < -0.3 is 19.3 Å². The molecule has 1 amide bonds. The summed E-state index contributed by atoms with van der Waals surface area (Å²) in [6.45, 7) is 7.25. The van der Waals surface area contributed by atoms with Crippen LogP contribution in [0.3, 0.4) is 0 Å². The zero-order chi connectivity index (χ0) is 22.1. The van der Waals surface area contributed by atoms with Gasteiger partial charge >= 0.3 is 0 Å². The largest absolute Gasteiger partial charge is 0.383 e.